The minimum Gasteiger partial charge on any atom is -1.00 e. The molecular weight excluding hydrogens is 690 g/mol. The summed E-state index contributed by atoms with van der Waals surface area (Å²) in [5, 5.41) is 11.4. The molecule has 0 spiro atoms. The van der Waals surface area contributed by atoms with Crippen molar-refractivity contribution in [3.8, 4) is 22.5 Å². The van der Waals surface area contributed by atoms with E-state index < -0.39 is 0 Å². The predicted molar refractivity (Wildman–Crippen MR) is 204 cm³/mol. The monoisotopic (exact) mass is 745 g/mol. The van der Waals surface area contributed by atoms with E-state index in [9.17, 15) is 0 Å². The lowest BCUT2D eigenvalue weighted by Crippen LogP contribution is -3.00. The Balaban J connectivity index is 0.000000329. The molecule has 6 rings (SSSR count). The zero-order valence-electron chi connectivity index (χ0n) is 29.3. The fraction of sp³-hybridized carbons (Fsp3) is 0.421. The lowest BCUT2D eigenvalue weighted by molar-refractivity contribution is -0.386. The molecule has 11 nitrogen and oxygen atoms in total. The van der Waals surface area contributed by atoms with Crippen LogP contribution in [0.1, 0.15) is 80.4 Å². The van der Waals surface area contributed by atoms with Crippen LogP contribution in [0.3, 0.4) is 0 Å². The summed E-state index contributed by atoms with van der Waals surface area (Å²) in [5.41, 5.74) is 23.6. The summed E-state index contributed by atoms with van der Waals surface area (Å²) in [4.78, 5) is 17.2. The van der Waals surface area contributed by atoms with Crippen LogP contribution in [0.5, 0.6) is 0 Å². The molecule has 7 N–H and O–H groups in total. The summed E-state index contributed by atoms with van der Waals surface area (Å²) in [6.07, 6.45) is 5.16. The van der Waals surface area contributed by atoms with Crippen LogP contribution in [0.2, 0.25) is 0 Å². The van der Waals surface area contributed by atoms with Crippen LogP contribution in [-0.2, 0) is 11.1 Å². The van der Waals surface area contributed by atoms with Gasteiger partial charge in [-0.1, -0.05) is 88.4 Å². The Labute approximate surface area is 307 Å². The van der Waals surface area contributed by atoms with E-state index >= 15 is 0 Å². The van der Waals surface area contributed by atoms with E-state index in [1.165, 1.54) is 23.8 Å². The van der Waals surface area contributed by atoms with Crippen LogP contribution in [0, 0.1) is 19.8 Å². The van der Waals surface area contributed by atoms with Crippen molar-refractivity contribution in [1.29, 1.82) is 0 Å². The van der Waals surface area contributed by atoms with Crippen LogP contribution in [0.25, 0.3) is 44.6 Å². The molecule has 0 unspecified atom stereocenters. The van der Waals surface area contributed by atoms with Crippen molar-refractivity contribution in [2.75, 3.05) is 18.0 Å². The summed E-state index contributed by atoms with van der Waals surface area (Å²) in [7, 11) is 0. The lowest BCUT2D eigenvalue weighted by atomic mass is 9.94. The maximum absolute atomic E-state index is 6.20. The molecule has 4 aromatic heterocycles. The summed E-state index contributed by atoms with van der Waals surface area (Å²) < 4.78 is 3.93. The SMILES string of the molecule is C.C.Cc1ccc(-c2nn(C(C)(C)CCC(C)C)c3ncnc(N)c23)cc1.Cc1ccc(-c2nn(C(C)(C)C[NH3+])c3ncnc(N)c23)cc1.[Br-]. The Kier molecular flexibility index (Phi) is 13.8. The van der Waals surface area contributed by atoms with Gasteiger partial charge in [-0.3, -0.25) is 0 Å². The quantitative estimate of drug-likeness (QED) is 0.209. The average molecular weight is 747 g/mol. The van der Waals surface area contributed by atoms with Gasteiger partial charge in [0, 0.05) is 11.1 Å². The van der Waals surface area contributed by atoms with Gasteiger partial charge in [0.2, 0.25) is 0 Å². The van der Waals surface area contributed by atoms with Crippen LogP contribution in [0.4, 0.5) is 11.6 Å². The van der Waals surface area contributed by atoms with E-state index in [1.54, 1.807) is 0 Å². The minimum atomic E-state index is -0.248. The molecule has 0 saturated carbocycles. The third-order valence-corrected chi connectivity index (χ3v) is 8.73. The standard InChI is InChI=1S/C20H27N5.C16H20N6.2CH4.BrH/c1-13(2)10-11-20(4,5)25-19-16(18(21)22-12-23-19)17(24-25)15-8-6-14(3)7-9-15;1-10-4-6-11(7-5-10)13-12-14(18)19-9-20-15(12)22(21-13)16(2,3)8-17;;;/h6-9,12-13H,10-11H2,1-5H3,(H2,21,22,23);4-7,9H,8,17H2,1-3H3,(H2,18,19,20);2*1H4;1H. The second-order valence-electron chi connectivity index (χ2n) is 14.0. The number of quaternary nitrogens is 1. The molecule has 6 aromatic rings. The molecule has 4 heterocycles. The van der Waals surface area contributed by atoms with E-state index in [4.69, 9.17) is 21.7 Å². The Morgan fingerprint density at radius 2 is 1.04 bits per heavy atom. The van der Waals surface area contributed by atoms with Crippen molar-refractivity contribution in [3.05, 3.63) is 72.3 Å². The first-order valence-corrected chi connectivity index (χ1v) is 16.2. The number of anilines is 2. The molecule has 12 heteroatoms. The van der Waals surface area contributed by atoms with Crippen LogP contribution >= 0.6 is 0 Å². The van der Waals surface area contributed by atoms with Gasteiger partial charge in [-0.15, -0.1) is 0 Å². The number of aryl methyl sites for hydroxylation is 2. The fourth-order valence-corrected chi connectivity index (χ4v) is 5.47. The average Bonchev–Trinajstić information content (AvgIpc) is 3.64. The molecule has 0 atom stereocenters. The number of benzene rings is 2. The third-order valence-electron chi connectivity index (χ3n) is 8.73. The molecule has 0 saturated heterocycles. The maximum atomic E-state index is 6.20. The number of hydrogen-bond donors (Lipinski definition) is 3. The highest BCUT2D eigenvalue weighted by Crippen LogP contribution is 2.35. The molecule has 0 aliphatic heterocycles. The Morgan fingerprint density at radius 3 is 1.40 bits per heavy atom. The summed E-state index contributed by atoms with van der Waals surface area (Å²) in [6, 6.07) is 16.5. The summed E-state index contributed by atoms with van der Waals surface area (Å²) in [6.45, 7) is 17.9. The molecule has 2 aromatic carbocycles. The number of nitrogen functional groups attached to an aromatic ring is 2. The maximum Gasteiger partial charge on any atom is 0.164 e. The van der Waals surface area contributed by atoms with Crippen molar-refractivity contribution < 1.29 is 22.7 Å². The Bertz CT molecular complexity index is 1990. The number of halogens is 1. The predicted octanol–water partition coefficient (Wildman–Crippen LogP) is 4.19. The van der Waals surface area contributed by atoms with Crippen molar-refractivity contribution >= 4 is 33.7 Å². The first-order valence-electron chi connectivity index (χ1n) is 16.2. The number of aromatic nitrogens is 8. The van der Waals surface area contributed by atoms with Gasteiger partial charge < -0.3 is 34.2 Å². The van der Waals surface area contributed by atoms with Crippen molar-refractivity contribution in [2.45, 2.75) is 94.2 Å². The second kappa shape index (κ2) is 16.5. The molecule has 0 bridgehead atoms. The Hall–Kier alpha value is -4.42. The van der Waals surface area contributed by atoms with Gasteiger partial charge in [-0.2, -0.15) is 10.2 Å². The van der Waals surface area contributed by atoms with E-state index in [0.717, 1.165) is 57.4 Å². The number of hydrogen-bond acceptors (Lipinski definition) is 8. The number of fused-ring (bicyclic) bond motifs is 2. The van der Waals surface area contributed by atoms with Crippen molar-refractivity contribution in [1.82, 2.24) is 39.5 Å². The van der Waals surface area contributed by atoms with E-state index in [2.05, 4.69) is 117 Å². The molecule has 0 aliphatic rings. The van der Waals surface area contributed by atoms with Gasteiger partial charge in [-0.05, 0) is 60.3 Å². The van der Waals surface area contributed by atoms with Gasteiger partial charge >= 0.3 is 0 Å². The largest absolute Gasteiger partial charge is 1.00 e. The molecular formula is C38H56BrN11. The number of rotatable bonds is 8. The lowest BCUT2D eigenvalue weighted by Gasteiger charge is -2.26. The summed E-state index contributed by atoms with van der Waals surface area (Å²) >= 11 is 0. The van der Waals surface area contributed by atoms with Crippen LogP contribution in [0.15, 0.2) is 61.2 Å². The van der Waals surface area contributed by atoms with Gasteiger partial charge in [0.05, 0.1) is 22.9 Å². The fourth-order valence-electron chi connectivity index (χ4n) is 5.47. The first kappa shape index (κ1) is 41.7. The van der Waals surface area contributed by atoms with Crippen molar-refractivity contribution in [3.63, 3.8) is 0 Å². The Morgan fingerprint density at radius 1 is 0.660 bits per heavy atom. The van der Waals surface area contributed by atoms with Crippen molar-refractivity contribution in [2.24, 2.45) is 5.92 Å². The molecule has 0 radical (unpaired) electrons. The molecule has 50 heavy (non-hydrogen) atoms. The highest BCUT2D eigenvalue weighted by Gasteiger charge is 2.29. The molecule has 0 amide bonds. The highest BCUT2D eigenvalue weighted by atomic mass is 79.9. The van der Waals surface area contributed by atoms with E-state index in [-0.39, 0.29) is 42.9 Å². The zero-order chi connectivity index (χ0) is 34.1. The van der Waals surface area contributed by atoms with Gasteiger partial charge in [-0.25, -0.2) is 29.3 Å². The summed E-state index contributed by atoms with van der Waals surface area (Å²) in [5.74, 6) is 1.58. The smallest absolute Gasteiger partial charge is 0.164 e. The topological polar surface area (TPSA) is 167 Å². The van der Waals surface area contributed by atoms with E-state index in [0.29, 0.717) is 24.1 Å². The normalized spacial score (nSPS) is 11.4. The first-order chi connectivity index (χ1) is 22.2. The van der Waals surface area contributed by atoms with Gasteiger partial charge in [0.15, 0.2) is 11.3 Å². The highest BCUT2D eigenvalue weighted by molar-refractivity contribution is 5.99. The number of nitrogens with zero attached hydrogens (tertiary/aromatic N) is 8. The molecule has 270 valence electrons. The van der Waals surface area contributed by atoms with Gasteiger partial charge in [0.25, 0.3) is 0 Å². The van der Waals surface area contributed by atoms with Gasteiger partial charge in [0.1, 0.15) is 41.2 Å². The zero-order valence-corrected chi connectivity index (χ0v) is 30.9. The number of nitrogens with two attached hydrogens (primary N) is 2. The van der Waals surface area contributed by atoms with Crippen LogP contribution in [-0.4, -0.2) is 46.0 Å². The molecule has 0 aliphatic carbocycles. The third kappa shape index (κ3) is 8.47. The minimum absolute atomic E-state index is 0. The molecule has 0 fully saturated rings. The van der Waals surface area contributed by atoms with Crippen LogP contribution < -0.4 is 34.2 Å². The van der Waals surface area contributed by atoms with E-state index in [1.807, 2.05) is 21.5 Å². The second-order valence-corrected chi connectivity index (χ2v) is 14.0.